The minimum absolute atomic E-state index is 0.0887. The van der Waals surface area contributed by atoms with Gasteiger partial charge < -0.3 is 0 Å². The fourth-order valence-corrected chi connectivity index (χ4v) is 1.87. The Kier molecular flexibility index (Phi) is 2.37. The Morgan fingerprint density at radius 1 is 1.22 bits per heavy atom. The van der Waals surface area contributed by atoms with Gasteiger partial charge in [0.1, 0.15) is 0 Å². The zero-order valence-electron chi connectivity index (χ0n) is 9.74. The number of rotatable bonds is 2. The Bertz CT molecular complexity index is 727. The maximum Gasteiger partial charge on any atom is 0.198 e. The fourth-order valence-electron chi connectivity index (χ4n) is 1.87. The molecule has 0 aliphatic rings. The number of fused-ring (bicyclic) bond motifs is 1. The normalized spacial score (nSPS) is 10.7. The molecule has 3 aromatic rings. The van der Waals surface area contributed by atoms with Gasteiger partial charge in [-0.25, -0.2) is 0 Å². The van der Waals surface area contributed by atoms with Crippen LogP contribution in [0.25, 0.3) is 11.0 Å². The lowest BCUT2D eigenvalue weighted by molar-refractivity contribution is 0.104. The number of para-hydroxylation sites is 1. The van der Waals surface area contributed by atoms with Gasteiger partial charge in [0.2, 0.25) is 0 Å². The average Bonchev–Trinajstić information content (AvgIpc) is 2.84. The third kappa shape index (κ3) is 1.66. The predicted octanol–water partition coefficient (Wildman–Crippen LogP) is 1.59. The van der Waals surface area contributed by atoms with Crippen LogP contribution in [0.4, 0.5) is 0 Å². The van der Waals surface area contributed by atoms with Crippen molar-refractivity contribution < 1.29 is 4.79 Å². The first-order valence-corrected chi connectivity index (χ1v) is 5.49. The van der Waals surface area contributed by atoms with E-state index in [0.717, 1.165) is 0 Å². The van der Waals surface area contributed by atoms with E-state index in [0.29, 0.717) is 22.2 Å². The Labute approximate surface area is 103 Å². The molecule has 2 heterocycles. The van der Waals surface area contributed by atoms with Crippen LogP contribution in [0.3, 0.4) is 0 Å². The topological polar surface area (TPSA) is 60.7 Å². The van der Waals surface area contributed by atoms with Crippen LogP contribution in [-0.2, 0) is 7.05 Å². The third-order valence-electron chi connectivity index (χ3n) is 2.71. The van der Waals surface area contributed by atoms with E-state index in [9.17, 15) is 4.79 Å². The number of aryl methyl sites for hydroxylation is 1. The van der Waals surface area contributed by atoms with E-state index in [2.05, 4.69) is 15.1 Å². The van der Waals surface area contributed by atoms with Gasteiger partial charge >= 0.3 is 0 Å². The quantitative estimate of drug-likeness (QED) is 0.636. The number of hydrogen-bond donors (Lipinski definition) is 0. The first-order chi connectivity index (χ1) is 8.75. The highest BCUT2D eigenvalue weighted by Gasteiger charge is 2.14. The van der Waals surface area contributed by atoms with E-state index in [4.69, 9.17) is 0 Å². The molecule has 0 aliphatic heterocycles. The second-order valence-corrected chi connectivity index (χ2v) is 3.96. The van der Waals surface area contributed by atoms with Crippen molar-refractivity contribution in [1.29, 1.82) is 0 Å². The number of hydrogen-bond acceptors (Lipinski definition) is 4. The van der Waals surface area contributed by atoms with Crippen molar-refractivity contribution in [2.75, 3.05) is 0 Å². The van der Waals surface area contributed by atoms with E-state index in [1.54, 1.807) is 48.6 Å². The van der Waals surface area contributed by atoms with Gasteiger partial charge in [0.15, 0.2) is 5.78 Å². The summed E-state index contributed by atoms with van der Waals surface area (Å²) in [5, 5.41) is 4.00. The van der Waals surface area contributed by atoms with Gasteiger partial charge in [-0.3, -0.25) is 19.4 Å². The first kappa shape index (κ1) is 10.6. The lowest BCUT2D eigenvalue weighted by Crippen LogP contribution is -2.02. The van der Waals surface area contributed by atoms with Gasteiger partial charge in [0.05, 0.1) is 28.4 Å². The molecule has 0 saturated heterocycles. The predicted molar refractivity (Wildman–Crippen MR) is 66.2 cm³/mol. The molecule has 18 heavy (non-hydrogen) atoms. The van der Waals surface area contributed by atoms with Crippen molar-refractivity contribution in [2.45, 2.75) is 0 Å². The molecule has 0 unspecified atom stereocenters. The average molecular weight is 238 g/mol. The SMILES string of the molecule is Cn1cc(C(=O)c2cccc3nccnc23)cn1. The van der Waals surface area contributed by atoms with Crippen molar-refractivity contribution in [3.05, 3.63) is 54.1 Å². The third-order valence-corrected chi connectivity index (χ3v) is 2.71. The summed E-state index contributed by atoms with van der Waals surface area (Å²) in [7, 11) is 1.78. The zero-order chi connectivity index (χ0) is 12.5. The van der Waals surface area contributed by atoms with Gasteiger partial charge in [0, 0.05) is 25.6 Å². The molecule has 0 amide bonds. The number of nitrogens with zero attached hydrogens (tertiary/aromatic N) is 4. The zero-order valence-corrected chi connectivity index (χ0v) is 9.74. The molecule has 0 atom stereocenters. The molecule has 2 aromatic heterocycles. The lowest BCUT2D eigenvalue weighted by atomic mass is 10.0. The maximum absolute atomic E-state index is 12.4. The van der Waals surface area contributed by atoms with Crippen LogP contribution in [0.2, 0.25) is 0 Å². The Morgan fingerprint density at radius 3 is 2.83 bits per heavy atom. The summed E-state index contributed by atoms with van der Waals surface area (Å²) in [5.41, 5.74) is 2.44. The largest absolute Gasteiger partial charge is 0.288 e. The maximum atomic E-state index is 12.4. The van der Waals surface area contributed by atoms with E-state index in [1.165, 1.54) is 0 Å². The smallest absolute Gasteiger partial charge is 0.198 e. The van der Waals surface area contributed by atoms with Crippen LogP contribution < -0.4 is 0 Å². The Morgan fingerprint density at radius 2 is 2.06 bits per heavy atom. The summed E-state index contributed by atoms with van der Waals surface area (Å²) in [6, 6.07) is 5.40. The minimum atomic E-state index is -0.0887. The highest BCUT2D eigenvalue weighted by molar-refractivity contribution is 6.14. The second kappa shape index (κ2) is 4.03. The number of carbonyl (C=O) groups is 1. The molecule has 0 radical (unpaired) electrons. The molecule has 88 valence electrons. The second-order valence-electron chi connectivity index (χ2n) is 3.96. The molecular formula is C13H10N4O. The number of aromatic nitrogens is 4. The molecule has 0 spiro atoms. The monoisotopic (exact) mass is 238 g/mol. The standard InChI is InChI=1S/C13H10N4O/c1-17-8-9(7-16-17)13(18)10-3-2-4-11-12(10)15-6-5-14-11/h2-8H,1H3. The minimum Gasteiger partial charge on any atom is -0.288 e. The molecule has 3 rings (SSSR count). The van der Waals surface area contributed by atoms with Gasteiger partial charge in [-0.15, -0.1) is 0 Å². The van der Waals surface area contributed by atoms with Gasteiger partial charge in [0.25, 0.3) is 0 Å². The molecular weight excluding hydrogens is 228 g/mol. The molecule has 0 aliphatic carbocycles. The lowest BCUT2D eigenvalue weighted by Gasteiger charge is -2.02. The van der Waals surface area contributed by atoms with Crippen molar-refractivity contribution in [3.63, 3.8) is 0 Å². The van der Waals surface area contributed by atoms with Crippen LogP contribution in [0.15, 0.2) is 43.0 Å². The van der Waals surface area contributed by atoms with Crippen LogP contribution >= 0.6 is 0 Å². The first-order valence-electron chi connectivity index (χ1n) is 5.49. The van der Waals surface area contributed by atoms with Crippen LogP contribution in [0.1, 0.15) is 15.9 Å². The number of ketones is 1. The molecule has 5 nitrogen and oxygen atoms in total. The molecule has 0 bridgehead atoms. The number of benzene rings is 1. The highest BCUT2D eigenvalue weighted by Crippen LogP contribution is 2.17. The van der Waals surface area contributed by atoms with Crippen molar-refractivity contribution in [1.82, 2.24) is 19.7 Å². The molecule has 0 saturated carbocycles. The van der Waals surface area contributed by atoms with E-state index in [-0.39, 0.29) is 5.78 Å². The van der Waals surface area contributed by atoms with E-state index >= 15 is 0 Å². The fraction of sp³-hybridized carbons (Fsp3) is 0.0769. The van der Waals surface area contributed by atoms with Crippen molar-refractivity contribution in [3.8, 4) is 0 Å². The Hall–Kier alpha value is -2.56. The summed E-state index contributed by atoms with van der Waals surface area (Å²) in [6.07, 6.45) is 6.44. The molecule has 0 N–H and O–H groups in total. The molecule has 5 heteroatoms. The Balaban J connectivity index is 2.17. The summed E-state index contributed by atoms with van der Waals surface area (Å²) in [6.45, 7) is 0. The van der Waals surface area contributed by atoms with Gasteiger partial charge in [-0.2, -0.15) is 5.10 Å². The van der Waals surface area contributed by atoms with Crippen molar-refractivity contribution >= 4 is 16.8 Å². The van der Waals surface area contributed by atoms with Gasteiger partial charge in [-0.05, 0) is 12.1 Å². The number of carbonyl (C=O) groups excluding carboxylic acids is 1. The van der Waals surface area contributed by atoms with Crippen molar-refractivity contribution in [2.24, 2.45) is 7.05 Å². The van der Waals surface area contributed by atoms with Crippen LogP contribution in [0, 0.1) is 0 Å². The summed E-state index contributed by atoms with van der Waals surface area (Å²) >= 11 is 0. The molecule has 0 fully saturated rings. The highest BCUT2D eigenvalue weighted by atomic mass is 16.1. The summed E-state index contributed by atoms with van der Waals surface area (Å²) in [5.74, 6) is -0.0887. The molecule has 1 aromatic carbocycles. The summed E-state index contributed by atoms with van der Waals surface area (Å²) in [4.78, 5) is 20.8. The van der Waals surface area contributed by atoms with E-state index in [1.807, 2.05) is 6.07 Å². The van der Waals surface area contributed by atoms with Gasteiger partial charge in [-0.1, -0.05) is 6.07 Å². The van der Waals surface area contributed by atoms with E-state index < -0.39 is 0 Å². The van der Waals surface area contributed by atoms with Crippen LogP contribution in [0.5, 0.6) is 0 Å². The summed E-state index contributed by atoms with van der Waals surface area (Å²) < 4.78 is 1.60. The van der Waals surface area contributed by atoms with Crippen LogP contribution in [-0.4, -0.2) is 25.5 Å².